The number of hydrogen-bond acceptors (Lipinski definition) is 5. The molecule has 0 aliphatic heterocycles. The molecule has 0 bridgehead atoms. The Morgan fingerprint density at radius 2 is 2.00 bits per heavy atom. The van der Waals surface area contributed by atoms with Gasteiger partial charge in [-0.15, -0.1) is 0 Å². The van der Waals surface area contributed by atoms with Crippen molar-refractivity contribution in [3.63, 3.8) is 0 Å². The van der Waals surface area contributed by atoms with E-state index in [9.17, 15) is 23.3 Å². The molecule has 0 aromatic heterocycles. The summed E-state index contributed by atoms with van der Waals surface area (Å²) >= 11 is 0. The van der Waals surface area contributed by atoms with Crippen molar-refractivity contribution in [1.82, 2.24) is 0 Å². The summed E-state index contributed by atoms with van der Waals surface area (Å²) in [6.07, 6.45) is 0.391. The molecule has 0 radical (unpaired) electrons. The first-order valence-corrected chi connectivity index (χ1v) is 6.27. The average Bonchev–Trinajstić information content (AvgIpc) is 2.14. The second-order valence-electron chi connectivity index (χ2n) is 3.00. The van der Waals surface area contributed by atoms with E-state index in [1.807, 2.05) is 0 Å². The molecule has 16 heavy (non-hydrogen) atoms. The third-order valence-electron chi connectivity index (χ3n) is 1.87. The molecule has 1 rings (SSSR count). The van der Waals surface area contributed by atoms with Gasteiger partial charge in [0, 0.05) is 21.8 Å². The topological polar surface area (TPSA) is 94.3 Å². The fourth-order valence-electron chi connectivity index (χ4n) is 1.26. The van der Waals surface area contributed by atoms with Crippen molar-refractivity contribution in [2.45, 2.75) is 11.8 Å². The summed E-state index contributed by atoms with van der Waals surface area (Å²) in [5, 5.41) is 10.7. The lowest BCUT2D eigenvalue weighted by atomic mass is 10.1. The van der Waals surface area contributed by atoms with Crippen LogP contribution in [0.3, 0.4) is 0 Å². The van der Waals surface area contributed by atoms with E-state index in [4.69, 9.17) is 10.7 Å². The highest BCUT2D eigenvalue weighted by molar-refractivity contribution is 8.13. The molecule has 6 nitrogen and oxygen atoms in total. The summed E-state index contributed by atoms with van der Waals surface area (Å²) in [6.45, 7) is 1.33. The molecule has 0 saturated carbocycles. The first-order chi connectivity index (χ1) is 7.27. The molecule has 0 atom stereocenters. The van der Waals surface area contributed by atoms with Crippen LogP contribution in [0.25, 0.3) is 0 Å². The van der Waals surface area contributed by atoms with Crippen molar-refractivity contribution in [3.8, 4) is 0 Å². The summed E-state index contributed by atoms with van der Waals surface area (Å²) in [4.78, 5) is 19.7. The fraction of sp³-hybridized carbons (Fsp3) is 0.125. The third kappa shape index (κ3) is 2.37. The number of nitrogens with zero attached hydrogens (tertiary/aromatic N) is 1. The fourth-order valence-corrected chi connectivity index (χ4v) is 2.36. The maximum atomic E-state index is 11.1. The molecule has 0 aliphatic carbocycles. The standard InChI is InChI=1S/C8H6ClNO5S/c1-5-2-6(4-11)3-7(16(9,14)15)8(5)10(12)13/h2-4H,1H3. The van der Waals surface area contributed by atoms with Gasteiger partial charge >= 0.3 is 0 Å². The molecule has 0 heterocycles. The Hall–Kier alpha value is -1.47. The number of aldehydes is 1. The van der Waals surface area contributed by atoms with Crippen molar-refractivity contribution in [3.05, 3.63) is 33.4 Å². The summed E-state index contributed by atoms with van der Waals surface area (Å²) in [6, 6.07) is 2.09. The number of hydrogen-bond donors (Lipinski definition) is 0. The normalized spacial score (nSPS) is 11.1. The molecule has 0 amide bonds. The Labute approximate surface area is 95.4 Å². The Morgan fingerprint density at radius 3 is 2.38 bits per heavy atom. The summed E-state index contributed by atoms with van der Waals surface area (Å²) < 4.78 is 22.2. The number of carbonyl (C=O) groups is 1. The van der Waals surface area contributed by atoms with Crippen LogP contribution in [0.4, 0.5) is 5.69 Å². The van der Waals surface area contributed by atoms with Crippen LogP contribution < -0.4 is 0 Å². The second-order valence-corrected chi connectivity index (χ2v) is 5.53. The largest absolute Gasteiger partial charge is 0.298 e. The summed E-state index contributed by atoms with van der Waals surface area (Å²) in [5.41, 5.74) is -0.531. The molecule has 0 saturated heterocycles. The molecule has 0 unspecified atom stereocenters. The number of nitro benzene ring substituents is 1. The molecule has 86 valence electrons. The number of nitro groups is 1. The van der Waals surface area contributed by atoms with Gasteiger partial charge in [-0.1, -0.05) is 0 Å². The van der Waals surface area contributed by atoms with E-state index in [2.05, 4.69) is 0 Å². The van der Waals surface area contributed by atoms with E-state index in [-0.39, 0.29) is 11.1 Å². The van der Waals surface area contributed by atoms with Gasteiger partial charge in [-0.2, -0.15) is 0 Å². The van der Waals surface area contributed by atoms with Gasteiger partial charge in [-0.05, 0) is 19.1 Å². The Morgan fingerprint density at radius 1 is 1.44 bits per heavy atom. The molecule has 0 N–H and O–H groups in total. The van der Waals surface area contributed by atoms with Gasteiger partial charge in [0.25, 0.3) is 14.7 Å². The monoisotopic (exact) mass is 263 g/mol. The van der Waals surface area contributed by atoms with Crippen LogP contribution in [0.15, 0.2) is 17.0 Å². The summed E-state index contributed by atoms with van der Waals surface area (Å²) in [7, 11) is 0.799. The lowest BCUT2D eigenvalue weighted by Gasteiger charge is -2.03. The Bertz CT molecular complexity index is 566. The van der Waals surface area contributed by atoms with Crippen molar-refractivity contribution in [1.29, 1.82) is 0 Å². The van der Waals surface area contributed by atoms with Crippen molar-refractivity contribution in [2.75, 3.05) is 0 Å². The smallest absolute Gasteiger partial charge is 0.292 e. The summed E-state index contributed by atoms with van der Waals surface area (Å²) in [5.74, 6) is 0. The first kappa shape index (κ1) is 12.6. The predicted molar refractivity (Wildman–Crippen MR) is 56.3 cm³/mol. The van der Waals surface area contributed by atoms with Crippen LogP contribution in [0.5, 0.6) is 0 Å². The van der Waals surface area contributed by atoms with Gasteiger partial charge in [0.15, 0.2) is 4.90 Å². The zero-order chi connectivity index (χ0) is 12.5. The second kappa shape index (κ2) is 4.18. The molecule has 0 aliphatic rings. The van der Waals surface area contributed by atoms with Crippen molar-refractivity contribution < 1.29 is 18.1 Å². The molecule has 0 fully saturated rings. The average molecular weight is 264 g/mol. The lowest BCUT2D eigenvalue weighted by Crippen LogP contribution is -2.02. The van der Waals surface area contributed by atoms with Gasteiger partial charge in [-0.25, -0.2) is 8.42 Å². The maximum Gasteiger partial charge on any atom is 0.292 e. The minimum atomic E-state index is -4.26. The van der Waals surface area contributed by atoms with Crippen LogP contribution in [0.2, 0.25) is 0 Å². The minimum absolute atomic E-state index is 0.0160. The number of carbonyl (C=O) groups excluding carboxylic acids is 1. The molecule has 1 aromatic carbocycles. The minimum Gasteiger partial charge on any atom is -0.298 e. The molecular weight excluding hydrogens is 258 g/mol. The molecule has 1 aromatic rings. The Kier molecular flexibility index (Phi) is 3.30. The number of aryl methyl sites for hydroxylation is 1. The van der Waals surface area contributed by atoms with Gasteiger partial charge in [0.05, 0.1) is 4.92 Å². The SMILES string of the molecule is Cc1cc(C=O)cc(S(=O)(=O)Cl)c1[N+](=O)[O-]. The van der Waals surface area contributed by atoms with Crippen LogP contribution in [0.1, 0.15) is 15.9 Å². The molecule has 0 spiro atoms. The van der Waals surface area contributed by atoms with Crippen LogP contribution in [-0.4, -0.2) is 19.6 Å². The van der Waals surface area contributed by atoms with Crippen LogP contribution in [-0.2, 0) is 9.05 Å². The highest BCUT2D eigenvalue weighted by atomic mass is 35.7. The molecule has 8 heteroatoms. The highest BCUT2D eigenvalue weighted by Crippen LogP contribution is 2.30. The zero-order valence-electron chi connectivity index (χ0n) is 8.01. The number of rotatable bonds is 3. The first-order valence-electron chi connectivity index (χ1n) is 3.96. The molecular formula is C8H6ClNO5S. The van der Waals surface area contributed by atoms with E-state index >= 15 is 0 Å². The highest BCUT2D eigenvalue weighted by Gasteiger charge is 2.27. The van der Waals surface area contributed by atoms with Gasteiger partial charge in [0.2, 0.25) is 0 Å². The van der Waals surface area contributed by atoms with Gasteiger partial charge < -0.3 is 0 Å². The quantitative estimate of drug-likeness (QED) is 0.358. The zero-order valence-corrected chi connectivity index (χ0v) is 9.58. The number of benzene rings is 1. The third-order valence-corrected chi connectivity index (χ3v) is 3.20. The lowest BCUT2D eigenvalue weighted by molar-refractivity contribution is -0.388. The van der Waals surface area contributed by atoms with Crippen LogP contribution in [0, 0.1) is 17.0 Å². The van der Waals surface area contributed by atoms with E-state index in [1.54, 1.807) is 0 Å². The van der Waals surface area contributed by atoms with E-state index in [1.165, 1.54) is 13.0 Å². The maximum absolute atomic E-state index is 11.1. The van der Waals surface area contributed by atoms with Crippen molar-refractivity contribution in [2.24, 2.45) is 0 Å². The van der Waals surface area contributed by atoms with Gasteiger partial charge in [0.1, 0.15) is 6.29 Å². The predicted octanol–water partition coefficient (Wildman–Crippen LogP) is 1.64. The van der Waals surface area contributed by atoms with Gasteiger partial charge in [-0.3, -0.25) is 14.9 Å². The van der Waals surface area contributed by atoms with E-state index in [0.29, 0.717) is 6.29 Å². The van der Waals surface area contributed by atoms with E-state index < -0.39 is 24.6 Å². The Balaban J connectivity index is 3.73. The van der Waals surface area contributed by atoms with E-state index in [0.717, 1.165) is 6.07 Å². The van der Waals surface area contributed by atoms with Crippen LogP contribution >= 0.6 is 10.7 Å². The van der Waals surface area contributed by atoms with Crippen molar-refractivity contribution >= 4 is 31.7 Å². The number of halogens is 1.